The number of hydrogen-bond donors (Lipinski definition) is 2. The minimum atomic E-state index is -0.922. The van der Waals surface area contributed by atoms with Crippen LogP contribution in [-0.4, -0.2) is 30.3 Å². The average Bonchev–Trinajstić information content (AvgIpc) is 3.29. The highest BCUT2D eigenvalue weighted by molar-refractivity contribution is 5.72. The minimum Gasteiger partial charge on any atom is -0.497 e. The molecule has 0 bridgehead atoms. The molecule has 0 aliphatic heterocycles. The zero-order chi connectivity index (χ0) is 15.2. The van der Waals surface area contributed by atoms with Gasteiger partial charge in [0.1, 0.15) is 11.5 Å². The van der Waals surface area contributed by atoms with Crippen molar-refractivity contribution < 1.29 is 19.4 Å². The van der Waals surface area contributed by atoms with E-state index in [1.54, 1.807) is 19.2 Å². The van der Waals surface area contributed by atoms with E-state index in [9.17, 15) is 9.90 Å². The lowest BCUT2D eigenvalue weighted by Crippen LogP contribution is -2.27. The van der Waals surface area contributed by atoms with Crippen LogP contribution in [0.15, 0.2) is 18.2 Å². The van der Waals surface area contributed by atoms with Crippen molar-refractivity contribution >= 4 is 5.97 Å². The maximum absolute atomic E-state index is 11.2. The predicted molar refractivity (Wildman–Crippen MR) is 79.8 cm³/mol. The summed E-state index contributed by atoms with van der Waals surface area (Å²) in [5.41, 5.74) is 0.934. The molecular weight excluding hydrogens is 270 g/mol. The number of methoxy groups -OCH3 is 1. The molecule has 1 aromatic rings. The number of carbonyl (C=O) groups is 1. The summed E-state index contributed by atoms with van der Waals surface area (Å²) in [4.78, 5) is 11.2. The van der Waals surface area contributed by atoms with Crippen molar-refractivity contribution in [3.05, 3.63) is 23.8 Å². The Labute approximate surface area is 125 Å². The number of ether oxygens (including phenoxy) is 2. The Kier molecular flexibility index (Phi) is 5.44. The summed E-state index contributed by atoms with van der Waals surface area (Å²) in [6, 6.07) is 6.06. The van der Waals surface area contributed by atoms with Crippen LogP contribution in [0.2, 0.25) is 0 Å². The Hall–Kier alpha value is -1.75. The second kappa shape index (κ2) is 7.31. The van der Waals surface area contributed by atoms with E-state index in [0.29, 0.717) is 24.8 Å². The van der Waals surface area contributed by atoms with E-state index in [4.69, 9.17) is 9.47 Å². The molecule has 1 fully saturated rings. The first kappa shape index (κ1) is 15.6. The van der Waals surface area contributed by atoms with Crippen molar-refractivity contribution in [2.45, 2.75) is 51.3 Å². The molecule has 0 heterocycles. The van der Waals surface area contributed by atoms with Crippen LogP contribution in [-0.2, 0) is 11.3 Å². The highest BCUT2D eigenvalue weighted by atomic mass is 16.5. The summed E-state index contributed by atoms with van der Waals surface area (Å²) < 4.78 is 10.9. The van der Waals surface area contributed by atoms with Gasteiger partial charge in [-0.2, -0.15) is 0 Å². The monoisotopic (exact) mass is 293 g/mol. The van der Waals surface area contributed by atoms with Crippen molar-refractivity contribution in [1.82, 2.24) is 5.32 Å². The predicted octanol–water partition coefficient (Wildman–Crippen LogP) is 2.58. The molecule has 1 unspecified atom stereocenters. The third kappa shape index (κ3) is 4.63. The topological polar surface area (TPSA) is 67.8 Å². The summed E-state index contributed by atoms with van der Waals surface area (Å²) in [6.45, 7) is 2.61. The van der Waals surface area contributed by atoms with Gasteiger partial charge < -0.3 is 19.9 Å². The summed E-state index contributed by atoms with van der Waals surface area (Å²) >= 11 is 0. The fourth-order valence-electron chi connectivity index (χ4n) is 2.13. The SMILES string of the molecule is CCCC(Oc1ccc(OC)cc1CNC1CC1)C(=O)O. The summed E-state index contributed by atoms with van der Waals surface area (Å²) in [5, 5.41) is 12.6. The average molecular weight is 293 g/mol. The third-order valence-corrected chi connectivity index (χ3v) is 3.52. The Morgan fingerprint density at radius 3 is 2.81 bits per heavy atom. The van der Waals surface area contributed by atoms with Crippen LogP contribution in [0, 0.1) is 0 Å². The van der Waals surface area contributed by atoms with Gasteiger partial charge in [0.25, 0.3) is 0 Å². The number of hydrogen-bond acceptors (Lipinski definition) is 4. The molecule has 0 saturated heterocycles. The number of benzene rings is 1. The van der Waals surface area contributed by atoms with Crippen LogP contribution in [0.25, 0.3) is 0 Å². The van der Waals surface area contributed by atoms with Crippen molar-refractivity contribution in [3.8, 4) is 11.5 Å². The maximum Gasteiger partial charge on any atom is 0.344 e. The van der Waals surface area contributed by atoms with Crippen LogP contribution < -0.4 is 14.8 Å². The number of carboxylic acid groups (broad SMARTS) is 1. The smallest absolute Gasteiger partial charge is 0.344 e. The van der Waals surface area contributed by atoms with Gasteiger partial charge in [-0.25, -0.2) is 4.79 Å². The molecule has 2 N–H and O–H groups in total. The highest BCUT2D eigenvalue weighted by Crippen LogP contribution is 2.27. The van der Waals surface area contributed by atoms with E-state index in [-0.39, 0.29) is 0 Å². The second-order valence-electron chi connectivity index (χ2n) is 5.36. The van der Waals surface area contributed by atoms with Gasteiger partial charge >= 0.3 is 5.97 Å². The molecule has 1 saturated carbocycles. The lowest BCUT2D eigenvalue weighted by atomic mass is 10.1. The van der Waals surface area contributed by atoms with Crippen molar-refractivity contribution in [1.29, 1.82) is 0 Å². The Morgan fingerprint density at radius 1 is 1.48 bits per heavy atom. The lowest BCUT2D eigenvalue weighted by Gasteiger charge is -2.18. The number of nitrogens with one attached hydrogen (secondary N) is 1. The first-order valence-electron chi connectivity index (χ1n) is 7.43. The molecular formula is C16H23NO4. The van der Waals surface area contributed by atoms with Crippen molar-refractivity contribution in [2.24, 2.45) is 0 Å². The van der Waals surface area contributed by atoms with Gasteiger partial charge in [0.15, 0.2) is 6.10 Å². The van der Waals surface area contributed by atoms with E-state index in [1.807, 2.05) is 13.0 Å². The first-order chi connectivity index (χ1) is 10.1. The molecule has 0 aromatic heterocycles. The molecule has 2 rings (SSSR count). The fourth-order valence-corrected chi connectivity index (χ4v) is 2.13. The van der Waals surface area contributed by atoms with E-state index in [2.05, 4.69) is 5.32 Å². The maximum atomic E-state index is 11.2. The van der Waals surface area contributed by atoms with Crippen molar-refractivity contribution in [3.63, 3.8) is 0 Å². The van der Waals surface area contributed by atoms with Gasteiger partial charge in [-0.05, 0) is 37.5 Å². The van der Waals surface area contributed by atoms with Gasteiger partial charge in [0.05, 0.1) is 7.11 Å². The Bertz CT molecular complexity index is 485. The molecule has 5 heteroatoms. The van der Waals surface area contributed by atoms with E-state index in [1.165, 1.54) is 12.8 Å². The third-order valence-electron chi connectivity index (χ3n) is 3.52. The van der Waals surface area contributed by atoms with Crippen LogP contribution in [0.4, 0.5) is 0 Å². The quantitative estimate of drug-likeness (QED) is 0.732. The fraction of sp³-hybridized carbons (Fsp3) is 0.562. The van der Waals surface area contributed by atoms with Crippen LogP contribution in [0.5, 0.6) is 11.5 Å². The van der Waals surface area contributed by atoms with Crippen LogP contribution in [0.1, 0.15) is 38.2 Å². The first-order valence-corrected chi connectivity index (χ1v) is 7.43. The van der Waals surface area contributed by atoms with Gasteiger partial charge in [0.2, 0.25) is 0 Å². The molecule has 1 atom stereocenters. The minimum absolute atomic E-state index is 0.497. The molecule has 0 amide bonds. The molecule has 1 aliphatic carbocycles. The molecule has 1 aromatic carbocycles. The summed E-state index contributed by atoms with van der Waals surface area (Å²) in [6.07, 6.45) is 2.87. The molecule has 0 radical (unpaired) electrons. The van der Waals surface area contributed by atoms with Crippen molar-refractivity contribution in [2.75, 3.05) is 7.11 Å². The number of aliphatic carboxylic acids is 1. The molecule has 1 aliphatic rings. The zero-order valence-corrected chi connectivity index (χ0v) is 12.6. The van der Waals surface area contributed by atoms with Gasteiger partial charge in [-0.1, -0.05) is 13.3 Å². The van der Waals surface area contributed by atoms with Crippen LogP contribution >= 0.6 is 0 Å². The summed E-state index contributed by atoms with van der Waals surface area (Å²) in [5.74, 6) is 0.441. The Balaban J connectivity index is 2.12. The Morgan fingerprint density at radius 2 is 2.24 bits per heavy atom. The lowest BCUT2D eigenvalue weighted by molar-refractivity contribution is -0.145. The normalized spacial score (nSPS) is 15.5. The summed E-state index contributed by atoms with van der Waals surface area (Å²) in [7, 11) is 1.62. The second-order valence-corrected chi connectivity index (χ2v) is 5.36. The largest absolute Gasteiger partial charge is 0.497 e. The standard InChI is InChI=1S/C16H23NO4/c1-3-4-15(16(18)19)21-14-8-7-13(20-2)9-11(14)10-17-12-5-6-12/h7-9,12,15,17H,3-6,10H2,1-2H3,(H,18,19). The van der Waals surface area contributed by atoms with Gasteiger partial charge in [-0.3, -0.25) is 0 Å². The van der Waals surface area contributed by atoms with E-state index in [0.717, 1.165) is 17.7 Å². The van der Waals surface area contributed by atoms with Crippen LogP contribution in [0.3, 0.4) is 0 Å². The number of rotatable bonds is 9. The molecule has 0 spiro atoms. The van der Waals surface area contributed by atoms with Gasteiger partial charge in [-0.15, -0.1) is 0 Å². The zero-order valence-electron chi connectivity index (χ0n) is 12.6. The van der Waals surface area contributed by atoms with E-state index >= 15 is 0 Å². The highest BCUT2D eigenvalue weighted by Gasteiger charge is 2.23. The number of carboxylic acids is 1. The van der Waals surface area contributed by atoms with E-state index < -0.39 is 12.1 Å². The molecule has 116 valence electrons. The molecule has 21 heavy (non-hydrogen) atoms. The molecule has 5 nitrogen and oxygen atoms in total. The van der Waals surface area contributed by atoms with Gasteiger partial charge in [0, 0.05) is 18.2 Å².